The minimum atomic E-state index is -0.603. The highest BCUT2D eigenvalue weighted by Crippen LogP contribution is 2.31. The quantitative estimate of drug-likeness (QED) is 0.605. The summed E-state index contributed by atoms with van der Waals surface area (Å²) in [5, 5.41) is -0.446. The number of methoxy groups -OCH3 is 1. The van der Waals surface area contributed by atoms with Gasteiger partial charge in [0.1, 0.15) is 12.2 Å². The molecule has 1 saturated heterocycles. The zero-order valence-corrected chi connectivity index (χ0v) is 16.7. The Labute approximate surface area is 170 Å². The van der Waals surface area contributed by atoms with Crippen LogP contribution in [0.3, 0.4) is 0 Å². The molecule has 146 valence electrons. The second-order valence-corrected chi connectivity index (χ2v) is 7.21. The second kappa shape index (κ2) is 10.4. The number of alkyl halides is 2. The van der Waals surface area contributed by atoms with Gasteiger partial charge >= 0.3 is 0 Å². The van der Waals surface area contributed by atoms with E-state index in [0.717, 1.165) is 11.1 Å². The maximum Gasteiger partial charge on any atom is 0.186 e. The van der Waals surface area contributed by atoms with E-state index in [-0.39, 0.29) is 12.0 Å². The molecule has 0 bridgehead atoms. The molecule has 4 nitrogen and oxygen atoms in total. The van der Waals surface area contributed by atoms with E-state index < -0.39 is 23.9 Å². The maximum atomic E-state index is 6.64. The van der Waals surface area contributed by atoms with Crippen LogP contribution < -0.4 is 0 Å². The summed E-state index contributed by atoms with van der Waals surface area (Å²) >= 11 is 12.7. The van der Waals surface area contributed by atoms with Crippen LogP contribution in [0.15, 0.2) is 60.7 Å². The van der Waals surface area contributed by atoms with Crippen molar-refractivity contribution >= 4 is 23.2 Å². The van der Waals surface area contributed by atoms with Gasteiger partial charge in [0, 0.05) is 7.11 Å². The first-order chi connectivity index (χ1) is 13.2. The molecule has 1 fully saturated rings. The van der Waals surface area contributed by atoms with Gasteiger partial charge in [0.15, 0.2) is 6.29 Å². The Hall–Kier alpha value is -1.14. The summed E-state index contributed by atoms with van der Waals surface area (Å²) in [5.74, 6) is 0.255. The minimum Gasteiger partial charge on any atom is -0.369 e. The summed E-state index contributed by atoms with van der Waals surface area (Å²) < 4.78 is 23.7. The molecule has 0 spiro atoms. The van der Waals surface area contributed by atoms with E-state index in [1.165, 1.54) is 0 Å². The van der Waals surface area contributed by atoms with Gasteiger partial charge in [0.25, 0.3) is 0 Å². The summed E-state index contributed by atoms with van der Waals surface area (Å²) in [4.78, 5) is 0. The Morgan fingerprint density at radius 3 is 1.85 bits per heavy atom. The summed E-state index contributed by atoms with van der Waals surface area (Å²) in [5.41, 5.74) is 2.12. The lowest BCUT2D eigenvalue weighted by molar-refractivity contribution is -0.274. The largest absolute Gasteiger partial charge is 0.369 e. The highest BCUT2D eigenvalue weighted by Gasteiger charge is 2.46. The van der Waals surface area contributed by atoms with Crippen molar-refractivity contribution in [2.75, 3.05) is 13.0 Å². The fraction of sp³-hybridized carbons (Fsp3) is 0.429. The summed E-state index contributed by atoms with van der Waals surface area (Å²) in [6.45, 7) is 0.834. The molecule has 2 aromatic rings. The predicted molar refractivity (Wildman–Crippen MR) is 106 cm³/mol. The van der Waals surface area contributed by atoms with E-state index in [0.29, 0.717) is 13.2 Å². The second-order valence-electron chi connectivity index (χ2n) is 6.40. The number of halogens is 2. The molecule has 5 atom stereocenters. The molecule has 27 heavy (non-hydrogen) atoms. The molecule has 2 aromatic carbocycles. The van der Waals surface area contributed by atoms with Crippen LogP contribution in [0.5, 0.6) is 0 Å². The van der Waals surface area contributed by atoms with Crippen molar-refractivity contribution in [3.63, 3.8) is 0 Å². The first-order valence-corrected chi connectivity index (χ1v) is 9.89. The van der Waals surface area contributed by atoms with Crippen LogP contribution in [0.25, 0.3) is 0 Å². The van der Waals surface area contributed by atoms with Crippen LogP contribution in [0.4, 0.5) is 0 Å². The normalized spacial score (nSPS) is 28.2. The third-order valence-corrected chi connectivity index (χ3v) is 5.36. The summed E-state index contributed by atoms with van der Waals surface area (Å²) in [6.07, 6.45) is -1.87. The highest BCUT2D eigenvalue weighted by molar-refractivity contribution is 6.23. The van der Waals surface area contributed by atoms with E-state index in [4.69, 9.17) is 42.1 Å². The summed E-state index contributed by atoms with van der Waals surface area (Å²) in [7, 11) is 1.58. The van der Waals surface area contributed by atoms with E-state index in [2.05, 4.69) is 0 Å². The first-order valence-electron chi connectivity index (χ1n) is 8.92. The molecule has 1 heterocycles. The average Bonchev–Trinajstić information content (AvgIpc) is 2.73. The van der Waals surface area contributed by atoms with Gasteiger partial charge in [-0.15, -0.1) is 23.2 Å². The van der Waals surface area contributed by atoms with Gasteiger partial charge in [-0.3, -0.25) is 0 Å². The Bertz CT molecular complexity index is 670. The molecule has 1 aliphatic rings. The third kappa shape index (κ3) is 5.44. The van der Waals surface area contributed by atoms with Gasteiger partial charge in [-0.05, 0) is 11.1 Å². The van der Waals surface area contributed by atoms with Crippen molar-refractivity contribution in [3.05, 3.63) is 71.8 Å². The number of ether oxygens (including phenoxy) is 4. The van der Waals surface area contributed by atoms with Crippen molar-refractivity contribution in [1.29, 1.82) is 0 Å². The van der Waals surface area contributed by atoms with Crippen LogP contribution in [-0.4, -0.2) is 43.0 Å². The average molecular weight is 411 g/mol. The lowest BCUT2D eigenvalue weighted by Gasteiger charge is -2.43. The van der Waals surface area contributed by atoms with Crippen molar-refractivity contribution < 1.29 is 18.9 Å². The van der Waals surface area contributed by atoms with Gasteiger partial charge in [0.2, 0.25) is 0 Å². The van der Waals surface area contributed by atoms with Crippen molar-refractivity contribution in [3.8, 4) is 0 Å². The van der Waals surface area contributed by atoms with Crippen LogP contribution in [0.1, 0.15) is 11.1 Å². The molecule has 0 radical (unpaired) electrons. The summed E-state index contributed by atoms with van der Waals surface area (Å²) in [6, 6.07) is 19.9. The zero-order valence-electron chi connectivity index (χ0n) is 15.2. The molecule has 1 aliphatic heterocycles. The Kier molecular flexibility index (Phi) is 7.94. The van der Waals surface area contributed by atoms with Gasteiger partial charge in [-0.1, -0.05) is 60.7 Å². The number of benzene rings is 2. The molecule has 0 saturated carbocycles. The highest BCUT2D eigenvalue weighted by atomic mass is 35.5. The Balaban J connectivity index is 1.73. The fourth-order valence-electron chi connectivity index (χ4n) is 3.08. The molecule has 0 N–H and O–H groups in total. The van der Waals surface area contributed by atoms with Crippen LogP contribution in [0.2, 0.25) is 0 Å². The van der Waals surface area contributed by atoms with E-state index in [1.807, 2.05) is 60.7 Å². The molecular formula is C21H24Cl2O4. The molecule has 0 aromatic heterocycles. The van der Waals surface area contributed by atoms with Gasteiger partial charge < -0.3 is 18.9 Å². The van der Waals surface area contributed by atoms with Crippen LogP contribution in [0, 0.1) is 0 Å². The topological polar surface area (TPSA) is 36.9 Å². The van der Waals surface area contributed by atoms with Crippen LogP contribution in [-0.2, 0) is 32.2 Å². The van der Waals surface area contributed by atoms with Crippen LogP contribution >= 0.6 is 23.2 Å². The van der Waals surface area contributed by atoms with Crippen molar-refractivity contribution in [2.45, 2.75) is 43.2 Å². The van der Waals surface area contributed by atoms with E-state index in [9.17, 15) is 0 Å². The molecule has 0 unspecified atom stereocenters. The molecule has 6 heteroatoms. The predicted octanol–water partition coefficient (Wildman–Crippen LogP) is 4.37. The first kappa shape index (κ1) is 20.6. The van der Waals surface area contributed by atoms with E-state index >= 15 is 0 Å². The Morgan fingerprint density at radius 1 is 0.852 bits per heavy atom. The van der Waals surface area contributed by atoms with Crippen molar-refractivity contribution in [2.24, 2.45) is 0 Å². The monoisotopic (exact) mass is 410 g/mol. The zero-order chi connectivity index (χ0) is 19.1. The standard InChI is InChI=1S/C21H24Cl2O4/c1-24-21-20(26-14-16-10-6-3-7-11-16)19(18(23)17(12-22)27-21)25-13-15-8-4-2-5-9-15/h2-11,17-21H,12-14H2,1H3/t17-,18+,19+,20-,21+/m1/s1. The molecular weight excluding hydrogens is 387 g/mol. The lowest BCUT2D eigenvalue weighted by Crippen LogP contribution is -2.58. The Morgan fingerprint density at radius 2 is 1.37 bits per heavy atom. The smallest absolute Gasteiger partial charge is 0.186 e. The number of rotatable bonds is 8. The molecule has 0 amide bonds. The van der Waals surface area contributed by atoms with Gasteiger partial charge in [0.05, 0.1) is 30.6 Å². The van der Waals surface area contributed by atoms with Crippen molar-refractivity contribution in [1.82, 2.24) is 0 Å². The SMILES string of the molecule is CO[C@H]1O[C@H](CCl)[C@H](Cl)[C@H](OCc2ccccc2)[C@H]1OCc1ccccc1. The minimum absolute atomic E-state index is 0.255. The van der Waals surface area contributed by atoms with E-state index in [1.54, 1.807) is 7.11 Å². The lowest BCUT2D eigenvalue weighted by atomic mass is 10.0. The fourth-order valence-corrected chi connectivity index (χ4v) is 3.80. The third-order valence-electron chi connectivity index (χ3n) is 4.52. The number of hydrogen-bond donors (Lipinski definition) is 0. The van der Waals surface area contributed by atoms with Gasteiger partial charge in [-0.25, -0.2) is 0 Å². The maximum absolute atomic E-state index is 6.64. The molecule has 0 aliphatic carbocycles. The number of hydrogen-bond acceptors (Lipinski definition) is 4. The van der Waals surface area contributed by atoms with Gasteiger partial charge in [-0.2, -0.15) is 0 Å². The molecule has 3 rings (SSSR count).